The quantitative estimate of drug-likeness (QED) is 0.363. The molecule has 2 aromatic rings. The molecule has 0 amide bonds. The van der Waals surface area contributed by atoms with Crippen LogP contribution < -0.4 is 4.74 Å². The standard InChI is InChI=1S/C19H22BrF3N4O2S/c1-5-27(3)12-24-17-10-16(20)18(26-13(17)2)29-14-7-6-8-15(9-14)30(4,28)25-11-19(21,22)23/h6-10,12H,5,11H2,1-4H3. The normalized spacial score (nSPS) is 13.9. The van der Waals surface area contributed by atoms with Crippen molar-refractivity contribution in [2.24, 2.45) is 9.36 Å². The largest absolute Gasteiger partial charge is 0.438 e. The molecule has 164 valence electrons. The van der Waals surface area contributed by atoms with Crippen LogP contribution in [0, 0.1) is 6.92 Å². The lowest BCUT2D eigenvalue weighted by molar-refractivity contribution is -0.117. The molecular formula is C19H22BrF3N4O2S. The average Bonchev–Trinajstić information content (AvgIpc) is 2.67. The van der Waals surface area contributed by atoms with Gasteiger partial charge in [-0.2, -0.15) is 13.2 Å². The highest BCUT2D eigenvalue weighted by molar-refractivity contribution is 9.10. The van der Waals surface area contributed by atoms with E-state index in [2.05, 4.69) is 30.3 Å². The van der Waals surface area contributed by atoms with Crippen LogP contribution in [0.1, 0.15) is 12.6 Å². The third-order valence-corrected chi connectivity index (χ3v) is 6.27. The predicted octanol–water partition coefficient (Wildman–Crippen LogP) is 5.58. The van der Waals surface area contributed by atoms with E-state index in [0.717, 1.165) is 12.8 Å². The summed E-state index contributed by atoms with van der Waals surface area (Å²) in [5.41, 5.74) is 1.29. The SMILES string of the molecule is CCN(C)C=Nc1cc(Br)c(Oc2cccc(S(C)(=O)=NCC(F)(F)F)c2)nc1C. The first-order chi connectivity index (χ1) is 13.9. The molecule has 0 saturated carbocycles. The van der Waals surface area contributed by atoms with Crippen molar-refractivity contribution in [2.75, 3.05) is 26.4 Å². The summed E-state index contributed by atoms with van der Waals surface area (Å²) < 4.78 is 59.5. The summed E-state index contributed by atoms with van der Waals surface area (Å²) in [6, 6.07) is 7.73. The van der Waals surface area contributed by atoms with Gasteiger partial charge in [0.05, 0.1) is 36.8 Å². The van der Waals surface area contributed by atoms with E-state index < -0.39 is 22.5 Å². The van der Waals surface area contributed by atoms with Crippen LogP contribution >= 0.6 is 15.9 Å². The van der Waals surface area contributed by atoms with Crippen molar-refractivity contribution in [3.63, 3.8) is 0 Å². The van der Waals surface area contributed by atoms with Crippen LogP contribution in [-0.2, 0) is 9.73 Å². The van der Waals surface area contributed by atoms with E-state index in [9.17, 15) is 17.4 Å². The van der Waals surface area contributed by atoms with Gasteiger partial charge in [0.1, 0.15) is 12.3 Å². The zero-order valence-corrected chi connectivity index (χ0v) is 19.3. The number of alkyl halides is 3. The predicted molar refractivity (Wildman–Crippen MR) is 115 cm³/mol. The van der Waals surface area contributed by atoms with E-state index in [1.165, 1.54) is 18.2 Å². The maximum Gasteiger partial charge on any atom is 0.408 e. The van der Waals surface area contributed by atoms with Gasteiger partial charge < -0.3 is 9.64 Å². The number of halogens is 4. The molecule has 1 unspecified atom stereocenters. The van der Waals surface area contributed by atoms with Crippen LogP contribution in [0.5, 0.6) is 11.6 Å². The molecule has 11 heteroatoms. The van der Waals surface area contributed by atoms with Crippen LogP contribution in [0.3, 0.4) is 0 Å². The second kappa shape index (κ2) is 9.78. The van der Waals surface area contributed by atoms with Gasteiger partial charge in [-0.3, -0.25) is 0 Å². The van der Waals surface area contributed by atoms with E-state index in [0.29, 0.717) is 15.9 Å². The highest BCUT2D eigenvalue weighted by Crippen LogP contribution is 2.33. The maximum absolute atomic E-state index is 12.6. The summed E-state index contributed by atoms with van der Waals surface area (Å²) in [6.07, 6.45) is -1.66. The molecule has 0 spiro atoms. The van der Waals surface area contributed by atoms with Crippen molar-refractivity contribution in [1.29, 1.82) is 0 Å². The van der Waals surface area contributed by atoms with Gasteiger partial charge in [-0.05, 0) is 54.0 Å². The van der Waals surface area contributed by atoms with E-state index in [-0.39, 0.29) is 16.5 Å². The van der Waals surface area contributed by atoms with Crippen molar-refractivity contribution in [1.82, 2.24) is 9.88 Å². The van der Waals surface area contributed by atoms with Crippen molar-refractivity contribution in [2.45, 2.75) is 24.9 Å². The molecule has 0 radical (unpaired) electrons. The molecular weight excluding hydrogens is 485 g/mol. The van der Waals surface area contributed by atoms with Gasteiger partial charge in [-0.15, -0.1) is 0 Å². The fourth-order valence-corrected chi connectivity index (χ4v) is 3.74. The number of hydrogen-bond acceptors (Lipinski definition) is 5. The molecule has 1 aromatic heterocycles. The van der Waals surface area contributed by atoms with Gasteiger partial charge in [-0.1, -0.05) is 6.07 Å². The third kappa shape index (κ3) is 6.98. The summed E-state index contributed by atoms with van der Waals surface area (Å²) in [5.74, 6) is 0.529. The number of aryl methyl sites for hydroxylation is 1. The first-order valence-corrected chi connectivity index (χ1v) is 11.6. The number of nitrogens with zero attached hydrogens (tertiary/aromatic N) is 4. The minimum atomic E-state index is -4.52. The molecule has 2 rings (SSSR count). The Balaban J connectivity index is 2.29. The van der Waals surface area contributed by atoms with Gasteiger partial charge >= 0.3 is 6.18 Å². The Labute approximate surface area is 182 Å². The molecule has 1 atom stereocenters. The minimum Gasteiger partial charge on any atom is -0.438 e. The Kier molecular flexibility index (Phi) is 7.87. The monoisotopic (exact) mass is 506 g/mol. The number of hydrogen-bond donors (Lipinski definition) is 0. The number of benzene rings is 1. The Hall–Kier alpha value is -2.14. The average molecular weight is 507 g/mol. The third-order valence-electron chi connectivity index (χ3n) is 3.95. The fourth-order valence-electron chi connectivity index (χ4n) is 2.15. The smallest absolute Gasteiger partial charge is 0.408 e. The van der Waals surface area contributed by atoms with E-state index >= 15 is 0 Å². The van der Waals surface area contributed by atoms with Gasteiger partial charge in [0.2, 0.25) is 5.88 Å². The fraction of sp³-hybridized carbons (Fsp3) is 0.368. The lowest BCUT2D eigenvalue weighted by atomic mass is 10.3. The second-order valence-corrected chi connectivity index (χ2v) is 9.67. The molecule has 1 heterocycles. The van der Waals surface area contributed by atoms with E-state index in [1.54, 1.807) is 25.4 Å². The molecule has 0 N–H and O–H groups in total. The molecule has 0 saturated heterocycles. The maximum atomic E-state index is 12.6. The summed E-state index contributed by atoms with van der Waals surface area (Å²) in [7, 11) is -1.33. The van der Waals surface area contributed by atoms with Gasteiger partial charge in [0.25, 0.3) is 0 Å². The topological polar surface area (TPSA) is 67.2 Å². The summed E-state index contributed by atoms with van der Waals surface area (Å²) in [5, 5.41) is 0. The highest BCUT2D eigenvalue weighted by atomic mass is 79.9. The lowest BCUT2D eigenvalue weighted by Gasteiger charge is -2.12. The number of ether oxygens (including phenoxy) is 1. The number of aromatic nitrogens is 1. The minimum absolute atomic E-state index is 0.140. The molecule has 30 heavy (non-hydrogen) atoms. The van der Waals surface area contributed by atoms with Gasteiger partial charge in [0, 0.05) is 19.8 Å². The van der Waals surface area contributed by atoms with Crippen molar-refractivity contribution >= 4 is 37.7 Å². The van der Waals surface area contributed by atoms with Crippen LogP contribution in [0.25, 0.3) is 0 Å². The zero-order valence-electron chi connectivity index (χ0n) is 16.9. The molecule has 0 fully saturated rings. The van der Waals surface area contributed by atoms with Crippen molar-refractivity contribution in [3.05, 3.63) is 40.5 Å². The van der Waals surface area contributed by atoms with Crippen LogP contribution in [0.15, 0.2) is 49.1 Å². The second-order valence-electron chi connectivity index (χ2n) is 6.48. The van der Waals surface area contributed by atoms with Crippen molar-refractivity contribution in [3.8, 4) is 11.6 Å². The highest BCUT2D eigenvalue weighted by Gasteiger charge is 2.27. The molecule has 6 nitrogen and oxygen atoms in total. The summed E-state index contributed by atoms with van der Waals surface area (Å²) in [4.78, 5) is 10.8. The summed E-state index contributed by atoms with van der Waals surface area (Å²) in [6.45, 7) is 3.12. The Bertz CT molecular complexity index is 1050. The van der Waals surface area contributed by atoms with Crippen LogP contribution in [-0.4, -0.2) is 53.0 Å². The van der Waals surface area contributed by atoms with Gasteiger partial charge in [-0.25, -0.2) is 18.5 Å². The first-order valence-electron chi connectivity index (χ1n) is 8.85. The Morgan fingerprint density at radius 1 is 1.33 bits per heavy atom. The zero-order chi connectivity index (χ0) is 22.5. The van der Waals surface area contributed by atoms with Crippen LogP contribution in [0.4, 0.5) is 18.9 Å². The molecule has 0 bridgehead atoms. The van der Waals surface area contributed by atoms with Gasteiger partial charge in [0.15, 0.2) is 0 Å². The van der Waals surface area contributed by atoms with Crippen molar-refractivity contribution < 1.29 is 22.1 Å². The molecule has 0 aliphatic carbocycles. The Morgan fingerprint density at radius 3 is 2.67 bits per heavy atom. The molecule has 0 aliphatic rings. The molecule has 0 aliphatic heterocycles. The summed E-state index contributed by atoms with van der Waals surface area (Å²) >= 11 is 3.39. The van der Waals surface area contributed by atoms with E-state index in [1.807, 2.05) is 18.9 Å². The van der Waals surface area contributed by atoms with Crippen LogP contribution in [0.2, 0.25) is 0 Å². The number of rotatable bonds is 7. The van der Waals surface area contributed by atoms with E-state index in [4.69, 9.17) is 4.74 Å². The number of pyridine rings is 1. The Morgan fingerprint density at radius 2 is 2.03 bits per heavy atom. The number of aliphatic imine (C=N–C) groups is 1. The molecule has 1 aromatic carbocycles. The first kappa shape index (κ1) is 24.1. The lowest BCUT2D eigenvalue weighted by Crippen LogP contribution is -2.14.